The number of tetrazole rings is 1. The van der Waals surface area contributed by atoms with Crippen LogP contribution in [-0.4, -0.2) is 32.3 Å². The highest BCUT2D eigenvalue weighted by atomic mass is 16.5. The molecule has 4 rings (SSSR count). The van der Waals surface area contributed by atoms with Crippen LogP contribution in [0.2, 0.25) is 0 Å². The van der Waals surface area contributed by atoms with Crippen molar-refractivity contribution >= 4 is 0 Å². The molecule has 122 valence electrons. The Bertz CT molecular complexity index is 967. The summed E-state index contributed by atoms with van der Waals surface area (Å²) >= 11 is 0. The van der Waals surface area contributed by atoms with Gasteiger partial charge < -0.3 is 4.74 Å². The molecule has 6 nitrogen and oxygen atoms in total. The lowest BCUT2D eigenvalue weighted by molar-refractivity contribution is 0.416. The molecule has 25 heavy (non-hydrogen) atoms. The van der Waals surface area contributed by atoms with Crippen LogP contribution in [0.5, 0.6) is 5.75 Å². The van der Waals surface area contributed by atoms with Gasteiger partial charge in [0.2, 0.25) is 0 Å². The summed E-state index contributed by atoms with van der Waals surface area (Å²) in [5, 5.41) is 11.2. The quantitative estimate of drug-likeness (QED) is 0.574. The predicted octanol–water partition coefficient (Wildman–Crippen LogP) is 3.40. The fourth-order valence-corrected chi connectivity index (χ4v) is 2.73. The van der Waals surface area contributed by atoms with Crippen molar-refractivity contribution in [1.29, 1.82) is 0 Å². The lowest BCUT2D eigenvalue weighted by Crippen LogP contribution is -1.95. The minimum atomic E-state index is 0.827. The molecule has 0 unspecified atom stereocenters. The molecule has 4 aromatic rings. The van der Waals surface area contributed by atoms with Crippen molar-refractivity contribution in [3.63, 3.8) is 0 Å². The molecular formula is C19H15N5O. The molecular weight excluding hydrogens is 314 g/mol. The molecule has 0 aliphatic rings. The monoisotopic (exact) mass is 329 g/mol. The smallest absolute Gasteiger partial charge is 0.143 e. The van der Waals surface area contributed by atoms with Gasteiger partial charge in [-0.15, -0.1) is 5.10 Å². The highest BCUT2D eigenvalue weighted by molar-refractivity contribution is 5.78. The zero-order valence-corrected chi connectivity index (χ0v) is 13.6. The molecule has 6 heteroatoms. The van der Waals surface area contributed by atoms with E-state index in [1.54, 1.807) is 30.5 Å². The fourth-order valence-electron chi connectivity index (χ4n) is 2.73. The van der Waals surface area contributed by atoms with Gasteiger partial charge in [-0.1, -0.05) is 18.2 Å². The van der Waals surface area contributed by atoms with Crippen LogP contribution in [0.25, 0.3) is 27.9 Å². The van der Waals surface area contributed by atoms with Crippen LogP contribution >= 0.6 is 0 Å². The highest BCUT2D eigenvalue weighted by Crippen LogP contribution is 2.34. The summed E-state index contributed by atoms with van der Waals surface area (Å²) in [5.41, 5.74) is 5.22. The molecule has 0 fully saturated rings. The maximum absolute atomic E-state index is 5.54. The van der Waals surface area contributed by atoms with Gasteiger partial charge in [0, 0.05) is 18.0 Å². The minimum absolute atomic E-state index is 0.827. The standard InChI is InChI=1S/C19H15N5O/c1-25-19-7-4-16(14-8-10-20-11-9-14)12-18(19)15-2-5-17(6-3-15)24-13-21-22-23-24/h2-13H,1H3. The maximum Gasteiger partial charge on any atom is 0.143 e. The molecule has 0 radical (unpaired) electrons. The first kappa shape index (κ1) is 15.0. The number of hydrogen-bond donors (Lipinski definition) is 0. The summed E-state index contributed by atoms with van der Waals surface area (Å²) in [6.07, 6.45) is 5.15. The van der Waals surface area contributed by atoms with E-state index < -0.39 is 0 Å². The molecule has 0 saturated carbocycles. The van der Waals surface area contributed by atoms with Crippen molar-refractivity contribution in [1.82, 2.24) is 25.2 Å². The van der Waals surface area contributed by atoms with Crippen molar-refractivity contribution in [3.8, 4) is 33.7 Å². The Kier molecular flexibility index (Phi) is 3.92. The average Bonchev–Trinajstić information content (AvgIpc) is 3.23. The Morgan fingerprint density at radius 2 is 1.60 bits per heavy atom. The van der Waals surface area contributed by atoms with E-state index in [4.69, 9.17) is 4.74 Å². The summed E-state index contributed by atoms with van der Waals surface area (Å²) in [4.78, 5) is 4.08. The van der Waals surface area contributed by atoms with Crippen molar-refractivity contribution in [2.45, 2.75) is 0 Å². The summed E-state index contributed by atoms with van der Waals surface area (Å²) in [7, 11) is 1.68. The first-order valence-corrected chi connectivity index (χ1v) is 7.77. The molecule has 0 saturated heterocycles. The van der Waals surface area contributed by atoms with Gasteiger partial charge in [-0.25, -0.2) is 4.68 Å². The van der Waals surface area contributed by atoms with Gasteiger partial charge in [-0.2, -0.15) is 0 Å². The summed E-state index contributed by atoms with van der Waals surface area (Å²) in [6, 6.07) is 18.2. The first-order chi connectivity index (χ1) is 12.3. The summed E-state index contributed by atoms with van der Waals surface area (Å²) in [6.45, 7) is 0. The van der Waals surface area contributed by atoms with E-state index in [0.29, 0.717) is 0 Å². The van der Waals surface area contributed by atoms with E-state index in [2.05, 4.69) is 26.6 Å². The highest BCUT2D eigenvalue weighted by Gasteiger charge is 2.09. The van der Waals surface area contributed by atoms with Gasteiger partial charge >= 0.3 is 0 Å². The topological polar surface area (TPSA) is 65.7 Å². The van der Waals surface area contributed by atoms with Crippen molar-refractivity contribution in [3.05, 3.63) is 73.3 Å². The van der Waals surface area contributed by atoms with Crippen LogP contribution in [0.1, 0.15) is 0 Å². The molecule has 0 spiro atoms. The van der Waals surface area contributed by atoms with Gasteiger partial charge in [0.15, 0.2) is 0 Å². The van der Waals surface area contributed by atoms with Gasteiger partial charge in [0.05, 0.1) is 12.8 Å². The second-order valence-electron chi connectivity index (χ2n) is 5.45. The SMILES string of the molecule is COc1ccc(-c2ccncc2)cc1-c1ccc(-n2cnnn2)cc1. The lowest BCUT2D eigenvalue weighted by atomic mass is 9.98. The van der Waals surface area contributed by atoms with Crippen molar-refractivity contribution in [2.24, 2.45) is 0 Å². The molecule has 0 N–H and O–H groups in total. The second kappa shape index (κ2) is 6.52. The lowest BCUT2D eigenvalue weighted by Gasteiger charge is -2.12. The third-order valence-electron chi connectivity index (χ3n) is 4.00. The Labute approximate surface area is 144 Å². The van der Waals surface area contributed by atoms with Crippen LogP contribution in [0.4, 0.5) is 0 Å². The first-order valence-electron chi connectivity index (χ1n) is 7.77. The van der Waals surface area contributed by atoms with E-state index in [1.165, 1.54) is 0 Å². The third-order valence-corrected chi connectivity index (χ3v) is 4.00. The average molecular weight is 329 g/mol. The molecule has 0 amide bonds. The van der Waals surface area contributed by atoms with Crippen LogP contribution in [-0.2, 0) is 0 Å². The summed E-state index contributed by atoms with van der Waals surface area (Å²) < 4.78 is 7.16. The van der Waals surface area contributed by atoms with Crippen LogP contribution < -0.4 is 4.74 Å². The zero-order valence-electron chi connectivity index (χ0n) is 13.6. The molecule has 0 aliphatic heterocycles. The van der Waals surface area contributed by atoms with Gasteiger partial charge in [-0.05, 0) is 63.5 Å². The molecule has 0 atom stereocenters. The molecule has 2 aromatic heterocycles. The van der Waals surface area contributed by atoms with E-state index in [0.717, 1.165) is 33.7 Å². The fraction of sp³-hybridized carbons (Fsp3) is 0.0526. The second-order valence-corrected chi connectivity index (χ2v) is 5.45. The number of pyridine rings is 1. The Balaban J connectivity index is 1.76. The normalized spacial score (nSPS) is 10.6. The zero-order chi connectivity index (χ0) is 17.1. The van der Waals surface area contributed by atoms with E-state index in [1.807, 2.05) is 48.5 Å². The van der Waals surface area contributed by atoms with Crippen LogP contribution in [0, 0.1) is 0 Å². The van der Waals surface area contributed by atoms with E-state index >= 15 is 0 Å². The van der Waals surface area contributed by atoms with Crippen molar-refractivity contribution in [2.75, 3.05) is 7.11 Å². The number of ether oxygens (including phenoxy) is 1. The number of rotatable bonds is 4. The van der Waals surface area contributed by atoms with Gasteiger partial charge in [0.1, 0.15) is 12.1 Å². The maximum atomic E-state index is 5.54. The number of aromatic nitrogens is 5. The van der Waals surface area contributed by atoms with Crippen molar-refractivity contribution < 1.29 is 4.74 Å². The molecule has 2 heterocycles. The number of hydrogen-bond acceptors (Lipinski definition) is 5. The Morgan fingerprint density at radius 3 is 2.28 bits per heavy atom. The number of nitrogens with zero attached hydrogens (tertiary/aromatic N) is 5. The van der Waals surface area contributed by atoms with Crippen LogP contribution in [0.3, 0.4) is 0 Å². The van der Waals surface area contributed by atoms with E-state index in [9.17, 15) is 0 Å². The Hall–Kier alpha value is -3.54. The summed E-state index contributed by atoms with van der Waals surface area (Å²) in [5.74, 6) is 0.827. The number of methoxy groups -OCH3 is 1. The molecule has 0 bridgehead atoms. The minimum Gasteiger partial charge on any atom is -0.496 e. The van der Waals surface area contributed by atoms with Crippen LogP contribution in [0.15, 0.2) is 73.3 Å². The third kappa shape index (κ3) is 2.97. The largest absolute Gasteiger partial charge is 0.496 e. The Morgan fingerprint density at radius 1 is 0.840 bits per heavy atom. The molecule has 2 aromatic carbocycles. The number of benzene rings is 2. The van der Waals surface area contributed by atoms with E-state index in [-0.39, 0.29) is 0 Å². The predicted molar refractivity (Wildman–Crippen MR) is 94.4 cm³/mol. The molecule has 0 aliphatic carbocycles. The van der Waals surface area contributed by atoms with Gasteiger partial charge in [0.25, 0.3) is 0 Å². The van der Waals surface area contributed by atoms with Gasteiger partial charge in [-0.3, -0.25) is 4.98 Å².